The quantitative estimate of drug-likeness (QED) is 0.839. The molecule has 0 spiro atoms. The van der Waals surface area contributed by atoms with Gasteiger partial charge in [-0.15, -0.1) is 0 Å². The summed E-state index contributed by atoms with van der Waals surface area (Å²) in [5, 5.41) is 3.34. The fourth-order valence-corrected chi connectivity index (χ4v) is 2.58. The first kappa shape index (κ1) is 11.5. The number of anilines is 1. The molecule has 0 aromatic heterocycles. The summed E-state index contributed by atoms with van der Waals surface area (Å²) in [6.45, 7) is 7.93. The maximum Gasteiger partial charge on any atom is 0.0405 e. The molecule has 2 heteroatoms. The Morgan fingerprint density at radius 1 is 1.25 bits per heavy atom. The largest absolute Gasteiger partial charge is 0.369 e. The first-order chi connectivity index (χ1) is 7.65. The van der Waals surface area contributed by atoms with Crippen molar-refractivity contribution in [3.05, 3.63) is 29.3 Å². The first-order valence-corrected chi connectivity index (χ1v) is 6.21. The van der Waals surface area contributed by atoms with Crippen LogP contribution in [0.4, 0.5) is 5.69 Å². The van der Waals surface area contributed by atoms with Crippen molar-refractivity contribution in [2.75, 3.05) is 18.5 Å². The number of hydrogen-bond acceptors (Lipinski definition) is 2. The summed E-state index contributed by atoms with van der Waals surface area (Å²) in [5.74, 6) is 0. The molecular formula is C14H22N2. The monoisotopic (exact) mass is 218 g/mol. The van der Waals surface area contributed by atoms with Crippen LogP contribution in [0, 0.1) is 0 Å². The molecule has 1 aromatic carbocycles. The summed E-state index contributed by atoms with van der Waals surface area (Å²) < 4.78 is 0. The molecule has 0 bridgehead atoms. The molecule has 16 heavy (non-hydrogen) atoms. The minimum atomic E-state index is 0.446. The first-order valence-electron chi connectivity index (χ1n) is 6.21. The number of nitrogens with zero attached hydrogens (tertiary/aromatic N) is 1. The van der Waals surface area contributed by atoms with Gasteiger partial charge in [0.25, 0.3) is 0 Å². The summed E-state index contributed by atoms with van der Waals surface area (Å²) in [6, 6.07) is 7.74. The lowest BCUT2D eigenvalue weighted by Gasteiger charge is -2.24. The highest BCUT2D eigenvalue weighted by molar-refractivity contribution is 5.61. The Morgan fingerprint density at radius 2 is 2.00 bits per heavy atom. The van der Waals surface area contributed by atoms with E-state index >= 15 is 0 Å². The van der Waals surface area contributed by atoms with Gasteiger partial charge in [-0.25, -0.2) is 0 Å². The van der Waals surface area contributed by atoms with Crippen LogP contribution in [0.25, 0.3) is 0 Å². The maximum absolute atomic E-state index is 3.34. The van der Waals surface area contributed by atoms with E-state index in [4.69, 9.17) is 0 Å². The predicted octanol–water partition coefficient (Wildman–Crippen LogP) is 2.74. The number of benzene rings is 1. The van der Waals surface area contributed by atoms with Crippen LogP contribution in [0.15, 0.2) is 18.2 Å². The lowest BCUT2D eigenvalue weighted by Crippen LogP contribution is -2.28. The molecule has 0 saturated heterocycles. The van der Waals surface area contributed by atoms with E-state index in [9.17, 15) is 0 Å². The van der Waals surface area contributed by atoms with Crippen molar-refractivity contribution in [3.8, 4) is 0 Å². The molecule has 0 saturated carbocycles. The van der Waals surface area contributed by atoms with E-state index in [-0.39, 0.29) is 0 Å². The summed E-state index contributed by atoms with van der Waals surface area (Å²) in [4.78, 5) is 2.50. The summed E-state index contributed by atoms with van der Waals surface area (Å²) >= 11 is 0. The van der Waals surface area contributed by atoms with Crippen molar-refractivity contribution >= 4 is 5.69 Å². The molecule has 0 amide bonds. The van der Waals surface area contributed by atoms with Crippen LogP contribution in [0.5, 0.6) is 0 Å². The van der Waals surface area contributed by atoms with Gasteiger partial charge in [0.1, 0.15) is 0 Å². The molecule has 1 N–H and O–H groups in total. The lowest BCUT2D eigenvalue weighted by molar-refractivity contribution is 0.647. The normalized spacial score (nSPS) is 16.7. The van der Waals surface area contributed by atoms with Gasteiger partial charge in [-0.3, -0.25) is 0 Å². The van der Waals surface area contributed by atoms with Gasteiger partial charge < -0.3 is 10.2 Å². The van der Waals surface area contributed by atoms with Crippen molar-refractivity contribution < 1.29 is 0 Å². The second kappa shape index (κ2) is 4.46. The Morgan fingerprint density at radius 3 is 2.62 bits per heavy atom. The predicted molar refractivity (Wildman–Crippen MR) is 70.1 cm³/mol. The molecule has 2 rings (SSSR count). The second-order valence-electron chi connectivity index (χ2n) is 4.89. The number of hydrogen-bond donors (Lipinski definition) is 1. The highest BCUT2D eigenvalue weighted by Crippen LogP contribution is 2.34. The van der Waals surface area contributed by atoms with E-state index < -0.39 is 0 Å². The van der Waals surface area contributed by atoms with Crippen LogP contribution in [0.3, 0.4) is 0 Å². The van der Waals surface area contributed by atoms with E-state index in [2.05, 4.69) is 49.2 Å². The SMILES string of the molecule is CNC(C)c1cccc2c1CCN2C(C)C. The van der Waals surface area contributed by atoms with E-state index in [1.54, 1.807) is 0 Å². The van der Waals surface area contributed by atoms with Gasteiger partial charge in [-0.05, 0) is 51.4 Å². The smallest absolute Gasteiger partial charge is 0.0405 e. The van der Waals surface area contributed by atoms with Crippen molar-refractivity contribution in [3.63, 3.8) is 0 Å². The maximum atomic E-state index is 3.34. The highest BCUT2D eigenvalue weighted by atomic mass is 15.2. The Labute approximate surface area is 98.7 Å². The standard InChI is InChI=1S/C14H22N2/c1-10(2)16-9-8-13-12(11(3)15-4)6-5-7-14(13)16/h5-7,10-11,15H,8-9H2,1-4H3. The molecule has 2 nitrogen and oxygen atoms in total. The van der Waals surface area contributed by atoms with Crippen LogP contribution >= 0.6 is 0 Å². The average Bonchev–Trinajstić information content (AvgIpc) is 2.71. The van der Waals surface area contributed by atoms with Crippen LogP contribution in [-0.2, 0) is 6.42 Å². The van der Waals surface area contributed by atoms with Crippen molar-refractivity contribution in [1.29, 1.82) is 0 Å². The Kier molecular flexibility index (Phi) is 3.20. The van der Waals surface area contributed by atoms with Gasteiger partial charge >= 0.3 is 0 Å². The zero-order valence-electron chi connectivity index (χ0n) is 10.7. The van der Waals surface area contributed by atoms with Gasteiger partial charge in [0.2, 0.25) is 0 Å². The average molecular weight is 218 g/mol. The molecule has 1 heterocycles. The van der Waals surface area contributed by atoms with Crippen molar-refractivity contribution in [2.45, 2.75) is 39.3 Å². The summed E-state index contributed by atoms with van der Waals surface area (Å²) in [6.07, 6.45) is 1.19. The molecule has 0 aliphatic carbocycles. The van der Waals surface area contributed by atoms with Gasteiger partial charge in [0, 0.05) is 24.3 Å². The van der Waals surface area contributed by atoms with E-state index in [0.717, 1.165) is 0 Å². The number of fused-ring (bicyclic) bond motifs is 1. The fraction of sp³-hybridized carbons (Fsp3) is 0.571. The molecular weight excluding hydrogens is 196 g/mol. The molecule has 0 fully saturated rings. The zero-order chi connectivity index (χ0) is 11.7. The Balaban J connectivity index is 2.40. The van der Waals surface area contributed by atoms with Crippen molar-refractivity contribution in [2.24, 2.45) is 0 Å². The third-order valence-electron chi connectivity index (χ3n) is 3.62. The minimum Gasteiger partial charge on any atom is -0.369 e. The Bertz CT molecular complexity index is 371. The van der Waals surface area contributed by atoms with Crippen LogP contribution in [0.1, 0.15) is 37.9 Å². The van der Waals surface area contributed by atoms with Gasteiger partial charge in [-0.1, -0.05) is 12.1 Å². The van der Waals surface area contributed by atoms with Crippen LogP contribution < -0.4 is 10.2 Å². The van der Waals surface area contributed by atoms with E-state index in [0.29, 0.717) is 12.1 Å². The number of nitrogens with one attached hydrogen (secondary N) is 1. The molecule has 88 valence electrons. The molecule has 1 unspecified atom stereocenters. The van der Waals surface area contributed by atoms with Crippen LogP contribution in [-0.4, -0.2) is 19.6 Å². The number of rotatable bonds is 3. The summed E-state index contributed by atoms with van der Waals surface area (Å²) in [5.41, 5.74) is 4.44. The van der Waals surface area contributed by atoms with Crippen LogP contribution in [0.2, 0.25) is 0 Å². The van der Waals surface area contributed by atoms with Gasteiger partial charge in [-0.2, -0.15) is 0 Å². The molecule has 1 aliphatic rings. The molecule has 1 aliphatic heterocycles. The fourth-order valence-electron chi connectivity index (χ4n) is 2.58. The molecule has 1 atom stereocenters. The minimum absolute atomic E-state index is 0.446. The van der Waals surface area contributed by atoms with E-state index in [1.165, 1.54) is 29.8 Å². The zero-order valence-corrected chi connectivity index (χ0v) is 10.7. The lowest BCUT2D eigenvalue weighted by atomic mass is 9.99. The molecule has 1 aromatic rings. The third kappa shape index (κ3) is 1.82. The van der Waals surface area contributed by atoms with Crippen molar-refractivity contribution in [1.82, 2.24) is 5.32 Å². The molecule has 0 radical (unpaired) electrons. The topological polar surface area (TPSA) is 15.3 Å². The van der Waals surface area contributed by atoms with E-state index in [1.807, 2.05) is 7.05 Å². The van der Waals surface area contributed by atoms with Gasteiger partial charge in [0.15, 0.2) is 0 Å². The Hall–Kier alpha value is -1.02. The second-order valence-corrected chi connectivity index (χ2v) is 4.89. The third-order valence-corrected chi connectivity index (χ3v) is 3.62. The van der Waals surface area contributed by atoms with Gasteiger partial charge in [0.05, 0.1) is 0 Å². The highest BCUT2D eigenvalue weighted by Gasteiger charge is 2.24. The summed E-state index contributed by atoms with van der Waals surface area (Å²) in [7, 11) is 2.03.